The third kappa shape index (κ3) is 2.70. The van der Waals surface area contributed by atoms with E-state index in [1.807, 2.05) is 33.8 Å². The summed E-state index contributed by atoms with van der Waals surface area (Å²) in [5.74, 6) is 0.299. The average molecular weight is 295 g/mol. The van der Waals surface area contributed by atoms with E-state index in [-0.39, 0.29) is 6.54 Å². The van der Waals surface area contributed by atoms with Crippen molar-refractivity contribution >= 4 is 10.0 Å². The first-order chi connectivity index (χ1) is 9.33. The number of H-pyrrole nitrogens is 1. The molecule has 1 aromatic heterocycles. The number of nitrogens with zero attached hydrogens (tertiary/aromatic N) is 3. The van der Waals surface area contributed by atoms with Crippen molar-refractivity contribution in [3.05, 3.63) is 34.1 Å². The smallest absolute Gasteiger partial charge is 0.207 e. The standard InChI is InChI=1S/C12H17N5O2S/c1-7-5-8(2)10(4)12(9(7)3)20(18,19)13-6-11-14-16-17-15-11/h5,13H,6H2,1-4H3,(H,14,15,16,17). The van der Waals surface area contributed by atoms with Gasteiger partial charge in [-0.25, -0.2) is 13.1 Å². The van der Waals surface area contributed by atoms with E-state index < -0.39 is 10.0 Å². The van der Waals surface area contributed by atoms with E-state index in [9.17, 15) is 8.42 Å². The van der Waals surface area contributed by atoms with E-state index >= 15 is 0 Å². The second kappa shape index (κ2) is 5.29. The van der Waals surface area contributed by atoms with Gasteiger partial charge in [0.25, 0.3) is 0 Å². The number of nitrogens with one attached hydrogen (secondary N) is 2. The summed E-state index contributed by atoms with van der Waals surface area (Å²) in [6.45, 7) is 7.43. The third-order valence-electron chi connectivity index (χ3n) is 3.38. The first kappa shape index (κ1) is 14.6. The van der Waals surface area contributed by atoms with Crippen LogP contribution in [-0.2, 0) is 16.6 Å². The number of hydrogen-bond acceptors (Lipinski definition) is 5. The van der Waals surface area contributed by atoms with Crippen LogP contribution in [0.4, 0.5) is 0 Å². The van der Waals surface area contributed by atoms with E-state index in [1.54, 1.807) is 0 Å². The second-order valence-electron chi connectivity index (χ2n) is 4.74. The molecule has 0 spiro atoms. The molecular formula is C12H17N5O2S. The van der Waals surface area contributed by atoms with Crippen LogP contribution in [0.3, 0.4) is 0 Å². The summed E-state index contributed by atoms with van der Waals surface area (Å²) in [7, 11) is -3.61. The molecule has 1 heterocycles. The van der Waals surface area contributed by atoms with Crippen LogP contribution < -0.4 is 4.72 Å². The molecule has 2 N–H and O–H groups in total. The molecule has 0 atom stereocenters. The quantitative estimate of drug-likeness (QED) is 0.873. The van der Waals surface area contributed by atoms with Crippen molar-refractivity contribution in [3.63, 3.8) is 0 Å². The second-order valence-corrected chi connectivity index (χ2v) is 6.45. The summed E-state index contributed by atoms with van der Waals surface area (Å²) >= 11 is 0. The third-order valence-corrected chi connectivity index (χ3v) is 5.05. The maximum atomic E-state index is 12.5. The number of aromatic nitrogens is 4. The van der Waals surface area contributed by atoms with Gasteiger partial charge in [-0.15, -0.1) is 10.2 Å². The van der Waals surface area contributed by atoms with Crippen LogP contribution >= 0.6 is 0 Å². The molecule has 8 heteroatoms. The number of sulfonamides is 1. The fourth-order valence-corrected chi connectivity index (χ4v) is 3.66. The molecule has 0 saturated carbocycles. The van der Waals surface area contributed by atoms with Crippen molar-refractivity contribution in [3.8, 4) is 0 Å². The van der Waals surface area contributed by atoms with Crippen molar-refractivity contribution in [2.75, 3.05) is 0 Å². The number of tetrazole rings is 1. The number of aryl methyl sites for hydroxylation is 2. The topological polar surface area (TPSA) is 101 Å². The summed E-state index contributed by atoms with van der Waals surface area (Å²) in [4.78, 5) is 0.332. The van der Waals surface area contributed by atoms with Crippen molar-refractivity contribution in [1.29, 1.82) is 0 Å². The van der Waals surface area contributed by atoms with Gasteiger partial charge in [0, 0.05) is 0 Å². The predicted molar refractivity (Wildman–Crippen MR) is 73.6 cm³/mol. The van der Waals surface area contributed by atoms with Gasteiger partial charge in [-0.2, -0.15) is 5.21 Å². The van der Waals surface area contributed by atoms with Gasteiger partial charge in [0.1, 0.15) is 0 Å². The first-order valence-electron chi connectivity index (χ1n) is 6.12. The predicted octanol–water partition coefficient (Wildman–Crippen LogP) is 0.912. The molecule has 7 nitrogen and oxygen atoms in total. The summed E-state index contributed by atoms with van der Waals surface area (Å²) in [5.41, 5.74) is 3.42. The molecule has 0 saturated heterocycles. The maximum Gasteiger partial charge on any atom is 0.241 e. The van der Waals surface area contributed by atoms with Crippen LogP contribution in [0.2, 0.25) is 0 Å². The fourth-order valence-electron chi connectivity index (χ4n) is 2.07. The zero-order valence-electron chi connectivity index (χ0n) is 11.9. The summed E-state index contributed by atoms with van der Waals surface area (Å²) < 4.78 is 27.5. The number of aromatic amines is 1. The van der Waals surface area contributed by atoms with Crippen LogP contribution in [0.1, 0.15) is 28.1 Å². The highest BCUT2D eigenvalue weighted by Gasteiger charge is 2.22. The van der Waals surface area contributed by atoms with Gasteiger partial charge in [0.15, 0.2) is 5.82 Å². The minimum atomic E-state index is -3.61. The van der Waals surface area contributed by atoms with Crippen LogP contribution in [-0.4, -0.2) is 29.0 Å². The molecule has 108 valence electrons. The molecule has 0 radical (unpaired) electrons. The lowest BCUT2D eigenvalue weighted by Crippen LogP contribution is -2.26. The Morgan fingerprint density at radius 3 is 2.25 bits per heavy atom. The Labute approximate surface area is 117 Å². The van der Waals surface area contributed by atoms with Gasteiger partial charge in [-0.05, 0) is 49.9 Å². The van der Waals surface area contributed by atoms with E-state index in [4.69, 9.17) is 0 Å². The van der Waals surface area contributed by atoms with Crippen molar-refractivity contribution in [2.45, 2.75) is 39.1 Å². The van der Waals surface area contributed by atoms with E-state index in [0.717, 1.165) is 22.3 Å². The molecule has 0 aliphatic rings. The molecule has 0 fully saturated rings. The number of benzene rings is 1. The fraction of sp³-hybridized carbons (Fsp3) is 0.417. The molecule has 0 bridgehead atoms. The Morgan fingerprint density at radius 2 is 1.75 bits per heavy atom. The Balaban J connectivity index is 2.39. The lowest BCUT2D eigenvalue weighted by atomic mass is 10.0. The molecular weight excluding hydrogens is 278 g/mol. The summed E-state index contributed by atoms with van der Waals surface area (Å²) in [5, 5.41) is 13.1. The van der Waals surface area contributed by atoms with E-state index in [2.05, 4.69) is 25.3 Å². The molecule has 1 aromatic carbocycles. The zero-order valence-corrected chi connectivity index (χ0v) is 12.7. The van der Waals surface area contributed by atoms with Crippen molar-refractivity contribution in [1.82, 2.24) is 25.3 Å². The molecule has 0 amide bonds. The van der Waals surface area contributed by atoms with Crippen LogP contribution in [0.15, 0.2) is 11.0 Å². The lowest BCUT2D eigenvalue weighted by Gasteiger charge is -2.15. The van der Waals surface area contributed by atoms with E-state index in [0.29, 0.717) is 10.7 Å². The average Bonchev–Trinajstić information content (AvgIpc) is 2.87. The minimum absolute atomic E-state index is 0.00467. The summed E-state index contributed by atoms with van der Waals surface area (Å²) in [6.07, 6.45) is 0. The van der Waals surface area contributed by atoms with Crippen molar-refractivity contribution in [2.24, 2.45) is 0 Å². The Hall–Kier alpha value is -1.80. The van der Waals surface area contributed by atoms with Crippen LogP contribution in [0.5, 0.6) is 0 Å². The highest BCUT2D eigenvalue weighted by Crippen LogP contribution is 2.25. The van der Waals surface area contributed by atoms with Crippen LogP contribution in [0.25, 0.3) is 0 Å². The van der Waals surface area contributed by atoms with Gasteiger partial charge in [-0.3, -0.25) is 0 Å². The van der Waals surface area contributed by atoms with Crippen LogP contribution in [0, 0.1) is 27.7 Å². The molecule has 0 aliphatic heterocycles. The molecule has 0 aliphatic carbocycles. The molecule has 0 unspecified atom stereocenters. The number of rotatable bonds is 4. The van der Waals surface area contributed by atoms with Gasteiger partial charge in [0.2, 0.25) is 10.0 Å². The highest BCUT2D eigenvalue weighted by molar-refractivity contribution is 7.89. The van der Waals surface area contributed by atoms with Gasteiger partial charge >= 0.3 is 0 Å². The first-order valence-corrected chi connectivity index (χ1v) is 7.60. The molecule has 2 rings (SSSR count). The molecule has 2 aromatic rings. The highest BCUT2D eigenvalue weighted by atomic mass is 32.2. The Bertz CT molecular complexity index is 697. The lowest BCUT2D eigenvalue weighted by molar-refractivity contribution is 0.577. The van der Waals surface area contributed by atoms with Gasteiger partial charge in [-0.1, -0.05) is 11.3 Å². The Kier molecular flexibility index (Phi) is 3.87. The van der Waals surface area contributed by atoms with E-state index in [1.165, 1.54) is 0 Å². The number of hydrogen-bond donors (Lipinski definition) is 2. The van der Waals surface area contributed by atoms with Crippen molar-refractivity contribution < 1.29 is 8.42 Å². The normalized spacial score (nSPS) is 11.8. The van der Waals surface area contributed by atoms with Gasteiger partial charge < -0.3 is 0 Å². The Morgan fingerprint density at radius 1 is 1.15 bits per heavy atom. The monoisotopic (exact) mass is 295 g/mol. The SMILES string of the molecule is Cc1cc(C)c(C)c(S(=O)(=O)NCc2nn[nH]n2)c1C. The summed E-state index contributed by atoms with van der Waals surface area (Å²) in [6, 6.07) is 1.99. The van der Waals surface area contributed by atoms with Gasteiger partial charge in [0.05, 0.1) is 11.4 Å². The maximum absolute atomic E-state index is 12.5. The molecule has 20 heavy (non-hydrogen) atoms. The minimum Gasteiger partial charge on any atom is -0.207 e. The largest absolute Gasteiger partial charge is 0.241 e. The zero-order chi connectivity index (χ0) is 14.9.